The number of carbonyl (C=O) groups is 1. The van der Waals surface area contributed by atoms with Gasteiger partial charge in [-0.05, 0) is 34.1 Å². The quantitative estimate of drug-likeness (QED) is 0.879. The van der Waals surface area contributed by atoms with E-state index in [-0.39, 0.29) is 5.97 Å². The molecule has 1 N–H and O–H groups in total. The first kappa shape index (κ1) is 12.7. The lowest BCUT2D eigenvalue weighted by atomic mass is 10.2. The number of hydrogen-bond acceptors (Lipinski definition) is 4. The number of furan rings is 1. The Kier molecular flexibility index (Phi) is 4.04. The molecule has 1 heterocycles. The van der Waals surface area contributed by atoms with Crippen molar-refractivity contribution in [2.75, 3.05) is 12.4 Å². The first-order valence-corrected chi connectivity index (χ1v) is 6.14. The summed E-state index contributed by atoms with van der Waals surface area (Å²) in [4.78, 5) is 11.6. The van der Waals surface area contributed by atoms with Crippen LogP contribution in [0.15, 0.2) is 45.5 Å². The first-order valence-electron chi connectivity index (χ1n) is 5.35. The largest absolute Gasteiger partial charge is 0.466 e. The predicted octanol–water partition coefficient (Wildman–Crippen LogP) is 3.44. The highest BCUT2D eigenvalue weighted by atomic mass is 79.9. The van der Waals surface area contributed by atoms with Gasteiger partial charge in [0.2, 0.25) is 0 Å². The molecule has 1 aromatic carbocycles. The van der Waals surface area contributed by atoms with Crippen LogP contribution in [0.5, 0.6) is 0 Å². The lowest BCUT2D eigenvalue weighted by Gasteiger charge is -2.09. The van der Waals surface area contributed by atoms with E-state index in [1.54, 1.807) is 18.4 Å². The molecule has 4 nitrogen and oxygen atoms in total. The van der Waals surface area contributed by atoms with Gasteiger partial charge in [-0.1, -0.05) is 12.1 Å². The third-order valence-electron chi connectivity index (χ3n) is 2.46. The number of halogens is 1. The summed E-state index contributed by atoms with van der Waals surface area (Å²) in [5.41, 5.74) is 1.22. The first-order chi connectivity index (χ1) is 8.72. The summed E-state index contributed by atoms with van der Waals surface area (Å²) in [6.07, 6.45) is 1.60. The zero-order chi connectivity index (χ0) is 13.0. The maximum Gasteiger partial charge on any atom is 0.339 e. The molecule has 0 fully saturated rings. The Morgan fingerprint density at radius 1 is 1.39 bits per heavy atom. The third kappa shape index (κ3) is 2.73. The Labute approximate surface area is 113 Å². The van der Waals surface area contributed by atoms with E-state index in [0.717, 1.165) is 10.2 Å². The van der Waals surface area contributed by atoms with Crippen LogP contribution in [0.3, 0.4) is 0 Å². The minimum atomic E-state index is -0.364. The molecule has 0 amide bonds. The lowest BCUT2D eigenvalue weighted by molar-refractivity contribution is 0.0602. The molecule has 0 unspecified atom stereocenters. The number of anilines is 1. The minimum absolute atomic E-state index is 0.364. The highest BCUT2D eigenvalue weighted by Gasteiger charge is 2.11. The van der Waals surface area contributed by atoms with E-state index in [9.17, 15) is 4.79 Å². The molecule has 0 atom stereocenters. The van der Waals surface area contributed by atoms with Gasteiger partial charge < -0.3 is 14.5 Å². The van der Waals surface area contributed by atoms with Crippen molar-refractivity contribution in [1.29, 1.82) is 0 Å². The van der Waals surface area contributed by atoms with Gasteiger partial charge in [0.25, 0.3) is 0 Å². The number of hydrogen-bond donors (Lipinski definition) is 1. The van der Waals surface area contributed by atoms with Gasteiger partial charge in [-0.15, -0.1) is 0 Å². The minimum Gasteiger partial charge on any atom is -0.466 e. The molecule has 2 rings (SSSR count). The number of benzene rings is 1. The number of para-hydroxylation sites is 1. The van der Waals surface area contributed by atoms with Crippen molar-refractivity contribution in [2.24, 2.45) is 0 Å². The number of esters is 1. The van der Waals surface area contributed by atoms with Crippen molar-refractivity contribution < 1.29 is 13.9 Å². The maximum atomic E-state index is 11.6. The zero-order valence-electron chi connectivity index (χ0n) is 9.77. The summed E-state index contributed by atoms with van der Waals surface area (Å²) in [6, 6.07) is 9.00. The van der Waals surface area contributed by atoms with Crippen LogP contribution in [0, 0.1) is 0 Å². The Morgan fingerprint density at radius 2 is 2.17 bits per heavy atom. The van der Waals surface area contributed by atoms with E-state index in [1.165, 1.54) is 7.11 Å². The van der Waals surface area contributed by atoms with Crippen LogP contribution < -0.4 is 5.32 Å². The van der Waals surface area contributed by atoms with Crippen molar-refractivity contribution in [3.63, 3.8) is 0 Å². The van der Waals surface area contributed by atoms with Crippen molar-refractivity contribution >= 4 is 27.6 Å². The van der Waals surface area contributed by atoms with Crippen LogP contribution >= 0.6 is 15.9 Å². The van der Waals surface area contributed by atoms with Crippen LogP contribution in [-0.4, -0.2) is 13.1 Å². The molecule has 2 aromatic rings. The highest BCUT2D eigenvalue weighted by Crippen LogP contribution is 2.21. The molecule has 0 aliphatic carbocycles. The predicted molar refractivity (Wildman–Crippen MR) is 71.5 cm³/mol. The fraction of sp³-hybridized carbons (Fsp3) is 0.154. The molecule has 0 saturated carbocycles. The number of rotatable bonds is 4. The average Bonchev–Trinajstić information content (AvgIpc) is 2.81. The van der Waals surface area contributed by atoms with Crippen molar-refractivity contribution in [3.8, 4) is 0 Å². The number of nitrogens with one attached hydrogen (secondary N) is 1. The summed E-state index contributed by atoms with van der Waals surface area (Å²) in [7, 11) is 1.36. The van der Waals surface area contributed by atoms with E-state index in [0.29, 0.717) is 17.8 Å². The lowest BCUT2D eigenvalue weighted by Crippen LogP contribution is -2.07. The SMILES string of the molecule is COC(=O)c1ccccc1NCc1occc1Br. The van der Waals surface area contributed by atoms with E-state index >= 15 is 0 Å². The summed E-state index contributed by atoms with van der Waals surface area (Å²) < 4.78 is 10.9. The van der Waals surface area contributed by atoms with Crippen LogP contribution in [0.4, 0.5) is 5.69 Å². The Bertz CT molecular complexity index is 551. The van der Waals surface area contributed by atoms with Crippen LogP contribution in [0.2, 0.25) is 0 Å². The number of carbonyl (C=O) groups excluding carboxylic acids is 1. The van der Waals surface area contributed by atoms with Gasteiger partial charge in [-0.25, -0.2) is 4.79 Å². The van der Waals surface area contributed by atoms with E-state index in [4.69, 9.17) is 9.15 Å². The zero-order valence-corrected chi connectivity index (χ0v) is 11.4. The molecule has 0 radical (unpaired) electrons. The van der Waals surface area contributed by atoms with Gasteiger partial charge in [-0.2, -0.15) is 0 Å². The fourth-order valence-corrected chi connectivity index (χ4v) is 1.89. The smallest absolute Gasteiger partial charge is 0.339 e. The molecular weight excluding hydrogens is 298 g/mol. The van der Waals surface area contributed by atoms with E-state index in [2.05, 4.69) is 21.2 Å². The normalized spacial score (nSPS) is 10.1. The molecule has 0 saturated heterocycles. The molecule has 5 heteroatoms. The van der Waals surface area contributed by atoms with E-state index in [1.807, 2.05) is 18.2 Å². The van der Waals surface area contributed by atoms with Gasteiger partial charge in [0.15, 0.2) is 0 Å². The summed E-state index contributed by atoms with van der Waals surface area (Å²) in [5.74, 6) is 0.409. The van der Waals surface area contributed by atoms with Gasteiger partial charge in [-0.3, -0.25) is 0 Å². The second-order valence-corrected chi connectivity index (χ2v) is 4.44. The molecular formula is C13H12BrNO3. The summed E-state index contributed by atoms with van der Waals surface area (Å²) >= 11 is 3.38. The van der Waals surface area contributed by atoms with Crippen LogP contribution in [0.25, 0.3) is 0 Å². The topological polar surface area (TPSA) is 51.5 Å². The molecule has 1 aromatic heterocycles. The highest BCUT2D eigenvalue weighted by molar-refractivity contribution is 9.10. The number of ether oxygens (including phenoxy) is 1. The number of methoxy groups -OCH3 is 1. The average molecular weight is 310 g/mol. The van der Waals surface area contributed by atoms with Crippen LogP contribution in [0.1, 0.15) is 16.1 Å². The Morgan fingerprint density at radius 3 is 2.83 bits per heavy atom. The monoisotopic (exact) mass is 309 g/mol. The molecule has 0 aliphatic heterocycles. The third-order valence-corrected chi connectivity index (χ3v) is 3.17. The maximum absolute atomic E-state index is 11.6. The van der Waals surface area contributed by atoms with Crippen molar-refractivity contribution in [2.45, 2.75) is 6.54 Å². The molecule has 18 heavy (non-hydrogen) atoms. The fourth-order valence-electron chi connectivity index (χ4n) is 1.55. The second kappa shape index (κ2) is 5.73. The summed E-state index contributed by atoms with van der Waals surface area (Å²) in [6.45, 7) is 0.488. The van der Waals surface area contributed by atoms with Gasteiger partial charge in [0.05, 0.1) is 30.0 Å². The van der Waals surface area contributed by atoms with Gasteiger partial charge >= 0.3 is 5.97 Å². The second-order valence-electron chi connectivity index (χ2n) is 3.58. The molecule has 0 bridgehead atoms. The molecule has 0 aliphatic rings. The molecule has 0 spiro atoms. The van der Waals surface area contributed by atoms with Gasteiger partial charge in [0.1, 0.15) is 5.76 Å². The molecule has 94 valence electrons. The summed E-state index contributed by atoms with van der Waals surface area (Å²) in [5, 5.41) is 3.15. The Balaban J connectivity index is 2.14. The Hall–Kier alpha value is -1.75. The van der Waals surface area contributed by atoms with E-state index < -0.39 is 0 Å². The van der Waals surface area contributed by atoms with Crippen LogP contribution in [-0.2, 0) is 11.3 Å². The van der Waals surface area contributed by atoms with Crippen molar-refractivity contribution in [3.05, 3.63) is 52.4 Å². The van der Waals surface area contributed by atoms with Crippen molar-refractivity contribution in [1.82, 2.24) is 0 Å². The van der Waals surface area contributed by atoms with Gasteiger partial charge in [0, 0.05) is 5.69 Å². The standard InChI is InChI=1S/C13H12BrNO3/c1-17-13(16)9-4-2-3-5-11(9)15-8-12-10(14)6-7-18-12/h2-7,15H,8H2,1H3.